The van der Waals surface area contributed by atoms with E-state index in [0.717, 1.165) is 5.56 Å². The SMILES string of the molecule is C.CCC(C)c1ccc(CO)cc1.CCC(C)c1ccc(COCCOC)cc1. The number of rotatable bonds is 10. The molecule has 0 bridgehead atoms. The lowest BCUT2D eigenvalue weighted by atomic mass is 9.98. The second-order valence-electron chi connectivity index (χ2n) is 7.31. The average Bonchev–Trinajstić information content (AvgIpc) is 2.76. The largest absolute Gasteiger partial charge is 0.392 e. The fourth-order valence-electron chi connectivity index (χ4n) is 2.70. The van der Waals surface area contributed by atoms with E-state index >= 15 is 0 Å². The summed E-state index contributed by atoms with van der Waals surface area (Å²) < 4.78 is 10.4. The van der Waals surface area contributed by atoms with Gasteiger partial charge in [-0.3, -0.25) is 0 Å². The molecule has 0 heterocycles. The molecule has 0 aliphatic rings. The Balaban J connectivity index is 0.000000542. The fraction of sp³-hybridized carbons (Fsp3) is 0.538. The summed E-state index contributed by atoms with van der Waals surface area (Å²) in [7, 11) is 1.68. The topological polar surface area (TPSA) is 38.7 Å². The van der Waals surface area contributed by atoms with Crippen LogP contribution in [0.2, 0.25) is 0 Å². The van der Waals surface area contributed by atoms with Crippen molar-refractivity contribution in [3.05, 3.63) is 70.8 Å². The van der Waals surface area contributed by atoms with Crippen LogP contribution in [-0.2, 0) is 22.7 Å². The molecule has 3 heteroatoms. The van der Waals surface area contributed by atoms with Crippen molar-refractivity contribution in [1.29, 1.82) is 0 Å². The fourth-order valence-corrected chi connectivity index (χ4v) is 2.70. The van der Waals surface area contributed by atoms with E-state index in [0.29, 0.717) is 31.7 Å². The highest BCUT2D eigenvalue weighted by Crippen LogP contribution is 2.19. The zero-order valence-electron chi connectivity index (χ0n) is 18.3. The van der Waals surface area contributed by atoms with Crippen molar-refractivity contribution < 1.29 is 14.6 Å². The predicted molar refractivity (Wildman–Crippen MR) is 124 cm³/mol. The van der Waals surface area contributed by atoms with Crippen molar-refractivity contribution in [1.82, 2.24) is 0 Å². The molecule has 164 valence electrons. The maximum Gasteiger partial charge on any atom is 0.0718 e. The molecular weight excluding hydrogens is 360 g/mol. The minimum Gasteiger partial charge on any atom is -0.392 e. The van der Waals surface area contributed by atoms with Crippen LogP contribution in [0.25, 0.3) is 0 Å². The number of hydrogen-bond donors (Lipinski definition) is 1. The highest BCUT2D eigenvalue weighted by molar-refractivity contribution is 5.25. The third-order valence-electron chi connectivity index (χ3n) is 5.21. The van der Waals surface area contributed by atoms with Crippen LogP contribution in [-0.4, -0.2) is 25.4 Å². The summed E-state index contributed by atoms with van der Waals surface area (Å²) in [4.78, 5) is 0. The van der Waals surface area contributed by atoms with Crippen molar-refractivity contribution in [2.24, 2.45) is 0 Å². The first-order valence-corrected chi connectivity index (χ1v) is 10.4. The second-order valence-corrected chi connectivity index (χ2v) is 7.31. The van der Waals surface area contributed by atoms with Gasteiger partial charge < -0.3 is 14.6 Å². The van der Waals surface area contributed by atoms with E-state index in [1.54, 1.807) is 7.11 Å². The monoisotopic (exact) mass is 402 g/mol. The van der Waals surface area contributed by atoms with Crippen LogP contribution in [0.5, 0.6) is 0 Å². The first-order chi connectivity index (χ1) is 13.5. The van der Waals surface area contributed by atoms with Gasteiger partial charge in [0.05, 0.1) is 26.4 Å². The summed E-state index contributed by atoms with van der Waals surface area (Å²) in [5.41, 5.74) is 4.98. The van der Waals surface area contributed by atoms with Crippen LogP contribution < -0.4 is 0 Å². The van der Waals surface area contributed by atoms with Crippen molar-refractivity contribution in [2.75, 3.05) is 20.3 Å². The molecule has 29 heavy (non-hydrogen) atoms. The van der Waals surface area contributed by atoms with E-state index in [4.69, 9.17) is 14.6 Å². The van der Waals surface area contributed by atoms with Crippen molar-refractivity contribution in [3.8, 4) is 0 Å². The average molecular weight is 403 g/mol. The number of benzene rings is 2. The molecule has 0 aliphatic carbocycles. The van der Waals surface area contributed by atoms with Gasteiger partial charge in [-0.05, 0) is 46.9 Å². The van der Waals surface area contributed by atoms with E-state index < -0.39 is 0 Å². The Morgan fingerprint density at radius 1 is 0.759 bits per heavy atom. The van der Waals surface area contributed by atoms with E-state index in [-0.39, 0.29) is 14.0 Å². The molecule has 3 nitrogen and oxygen atoms in total. The van der Waals surface area contributed by atoms with Crippen LogP contribution in [0.1, 0.15) is 82.1 Å². The highest BCUT2D eigenvalue weighted by Gasteiger charge is 2.02. The van der Waals surface area contributed by atoms with Crippen molar-refractivity contribution in [2.45, 2.75) is 73.0 Å². The number of ether oxygens (including phenoxy) is 2. The van der Waals surface area contributed by atoms with Gasteiger partial charge in [0, 0.05) is 7.11 Å². The number of aliphatic hydroxyl groups is 1. The second kappa shape index (κ2) is 16.2. The van der Waals surface area contributed by atoms with Crippen LogP contribution in [0.15, 0.2) is 48.5 Å². The summed E-state index contributed by atoms with van der Waals surface area (Å²) in [5, 5.41) is 8.82. The molecule has 1 N–H and O–H groups in total. The molecule has 2 unspecified atom stereocenters. The zero-order chi connectivity index (χ0) is 20.8. The maximum absolute atomic E-state index is 8.82. The molecule has 0 saturated carbocycles. The molecule has 0 amide bonds. The smallest absolute Gasteiger partial charge is 0.0718 e. The molecule has 0 aromatic heterocycles. The minimum absolute atomic E-state index is 0. The molecule has 0 fully saturated rings. The van der Waals surface area contributed by atoms with Gasteiger partial charge in [0.15, 0.2) is 0 Å². The van der Waals surface area contributed by atoms with E-state index in [9.17, 15) is 0 Å². The van der Waals surface area contributed by atoms with Crippen LogP contribution in [0.3, 0.4) is 0 Å². The molecule has 2 aromatic rings. The van der Waals surface area contributed by atoms with E-state index in [1.807, 2.05) is 12.1 Å². The Morgan fingerprint density at radius 3 is 1.59 bits per heavy atom. The first kappa shape index (κ1) is 27.3. The normalized spacial score (nSPS) is 12.3. The standard InChI is InChI=1S/C14H22O2.C11H16O.CH4/c1-4-12(2)14-7-5-13(6-8-14)11-16-10-9-15-3;1-3-9(2)11-6-4-10(8-12)5-7-11;/h5-8,12H,4,9-11H2,1-3H3;4-7,9,12H,3,8H2,1-2H3;1H4. The molecule has 2 atom stereocenters. The van der Waals surface area contributed by atoms with Crippen molar-refractivity contribution >= 4 is 0 Å². The van der Waals surface area contributed by atoms with Crippen LogP contribution in [0, 0.1) is 0 Å². The summed E-state index contributed by atoms with van der Waals surface area (Å²) >= 11 is 0. The molecule has 0 radical (unpaired) electrons. The van der Waals surface area contributed by atoms with Crippen LogP contribution >= 0.6 is 0 Å². The summed E-state index contributed by atoms with van der Waals surface area (Å²) in [6, 6.07) is 16.9. The predicted octanol–water partition coefficient (Wildman–Crippen LogP) is 6.69. The Kier molecular flexibility index (Phi) is 15.2. The summed E-state index contributed by atoms with van der Waals surface area (Å²) in [5.74, 6) is 1.27. The van der Waals surface area contributed by atoms with Gasteiger partial charge >= 0.3 is 0 Å². The van der Waals surface area contributed by atoms with Gasteiger partial charge in [-0.15, -0.1) is 0 Å². The lowest BCUT2D eigenvalue weighted by Crippen LogP contribution is -2.02. The molecular formula is C26H42O3. The van der Waals surface area contributed by atoms with Gasteiger partial charge in [0.1, 0.15) is 0 Å². The third-order valence-corrected chi connectivity index (χ3v) is 5.21. The van der Waals surface area contributed by atoms with E-state index in [2.05, 4.69) is 64.1 Å². The Morgan fingerprint density at radius 2 is 1.21 bits per heavy atom. The quantitative estimate of drug-likeness (QED) is 0.450. The van der Waals surface area contributed by atoms with E-state index in [1.165, 1.54) is 29.5 Å². The molecule has 2 rings (SSSR count). The summed E-state index contributed by atoms with van der Waals surface area (Å²) in [6.45, 7) is 11.0. The molecule has 2 aromatic carbocycles. The first-order valence-electron chi connectivity index (χ1n) is 10.4. The maximum atomic E-state index is 8.82. The number of aliphatic hydroxyl groups excluding tert-OH is 1. The molecule has 0 spiro atoms. The lowest BCUT2D eigenvalue weighted by Gasteiger charge is -2.10. The minimum atomic E-state index is 0. The lowest BCUT2D eigenvalue weighted by molar-refractivity contribution is 0.0616. The van der Waals surface area contributed by atoms with Crippen LogP contribution in [0.4, 0.5) is 0 Å². The highest BCUT2D eigenvalue weighted by atomic mass is 16.5. The van der Waals surface area contributed by atoms with Gasteiger partial charge in [-0.25, -0.2) is 0 Å². The Hall–Kier alpha value is -1.68. The van der Waals surface area contributed by atoms with Gasteiger partial charge in [-0.2, -0.15) is 0 Å². The Bertz CT molecular complexity index is 619. The third kappa shape index (κ3) is 10.6. The summed E-state index contributed by atoms with van der Waals surface area (Å²) in [6.07, 6.45) is 2.35. The Labute approximate surface area is 179 Å². The molecule has 0 saturated heterocycles. The van der Waals surface area contributed by atoms with Crippen molar-refractivity contribution in [3.63, 3.8) is 0 Å². The molecule has 0 aliphatic heterocycles. The zero-order valence-corrected chi connectivity index (χ0v) is 18.3. The number of methoxy groups -OCH3 is 1. The van der Waals surface area contributed by atoms with Gasteiger partial charge in [0.2, 0.25) is 0 Å². The van der Waals surface area contributed by atoms with Gasteiger partial charge in [-0.1, -0.05) is 83.7 Å². The number of hydrogen-bond acceptors (Lipinski definition) is 3. The van der Waals surface area contributed by atoms with Gasteiger partial charge in [0.25, 0.3) is 0 Å².